The first-order valence-electron chi connectivity index (χ1n) is 6.91. The molecular weight excluding hydrogens is 228 g/mol. The van der Waals surface area contributed by atoms with Crippen LogP contribution in [0.1, 0.15) is 38.4 Å². The number of hydrazine groups is 1. The molecule has 0 bridgehead atoms. The molecule has 1 aromatic rings. The molecule has 1 aliphatic heterocycles. The van der Waals surface area contributed by atoms with Gasteiger partial charge in [-0.2, -0.15) is 0 Å². The van der Waals surface area contributed by atoms with Crippen LogP contribution in [-0.4, -0.2) is 28.3 Å². The molecule has 5 nitrogen and oxygen atoms in total. The molecule has 2 rings (SSSR count). The van der Waals surface area contributed by atoms with Crippen molar-refractivity contribution in [2.24, 2.45) is 5.84 Å². The van der Waals surface area contributed by atoms with Gasteiger partial charge >= 0.3 is 0 Å². The van der Waals surface area contributed by atoms with E-state index in [-0.39, 0.29) is 6.04 Å². The van der Waals surface area contributed by atoms with Crippen LogP contribution in [0.3, 0.4) is 0 Å². The fraction of sp³-hybridized carbons (Fsp3) is 0.769. The van der Waals surface area contributed by atoms with Gasteiger partial charge in [-0.3, -0.25) is 11.3 Å². The minimum atomic E-state index is 0.280. The second kappa shape index (κ2) is 6.87. The number of aryl methyl sites for hydroxylation is 1. The predicted molar refractivity (Wildman–Crippen MR) is 70.9 cm³/mol. The first-order chi connectivity index (χ1) is 8.83. The average Bonchev–Trinajstić information content (AvgIpc) is 3.05. The quantitative estimate of drug-likeness (QED) is 0.566. The SMILES string of the molecule is CCn1ccnc1CC(CCC1CCCO1)NN. The topological polar surface area (TPSA) is 65.1 Å². The normalized spacial score (nSPS) is 21.3. The first-order valence-corrected chi connectivity index (χ1v) is 6.91. The highest BCUT2D eigenvalue weighted by Crippen LogP contribution is 2.18. The largest absolute Gasteiger partial charge is 0.378 e. The molecule has 18 heavy (non-hydrogen) atoms. The van der Waals surface area contributed by atoms with Crippen molar-refractivity contribution in [3.63, 3.8) is 0 Å². The van der Waals surface area contributed by atoms with Gasteiger partial charge in [-0.05, 0) is 32.6 Å². The lowest BCUT2D eigenvalue weighted by Gasteiger charge is -2.18. The van der Waals surface area contributed by atoms with Crippen molar-refractivity contribution in [1.29, 1.82) is 0 Å². The maximum atomic E-state index is 5.64. The Balaban J connectivity index is 1.81. The third-order valence-corrected chi connectivity index (χ3v) is 3.67. The number of nitrogens with zero attached hydrogens (tertiary/aromatic N) is 2. The van der Waals surface area contributed by atoms with E-state index in [1.54, 1.807) is 0 Å². The van der Waals surface area contributed by atoms with Crippen molar-refractivity contribution in [2.45, 2.75) is 57.7 Å². The van der Waals surface area contributed by atoms with Gasteiger partial charge in [-0.15, -0.1) is 0 Å². The maximum Gasteiger partial charge on any atom is 0.110 e. The van der Waals surface area contributed by atoms with Crippen LogP contribution in [0.15, 0.2) is 12.4 Å². The third kappa shape index (κ3) is 3.54. The molecule has 2 heterocycles. The lowest BCUT2D eigenvalue weighted by atomic mass is 10.0. The molecule has 1 fully saturated rings. The van der Waals surface area contributed by atoms with E-state index < -0.39 is 0 Å². The molecule has 0 saturated carbocycles. The van der Waals surface area contributed by atoms with Gasteiger partial charge in [-0.1, -0.05) is 0 Å². The van der Waals surface area contributed by atoms with Gasteiger partial charge in [0.25, 0.3) is 0 Å². The zero-order valence-electron chi connectivity index (χ0n) is 11.1. The Labute approximate surface area is 109 Å². The molecule has 0 aromatic carbocycles. The van der Waals surface area contributed by atoms with Crippen molar-refractivity contribution in [1.82, 2.24) is 15.0 Å². The Morgan fingerprint density at radius 1 is 1.67 bits per heavy atom. The highest BCUT2D eigenvalue weighted by molar-refractivity contribution is 4.95. The van der Waals surface area contributed by atoms with Crippen LogP contribution in [0.25, 0.3) is 0 Å². The number of nitrogens with one attached hydrogen (secondary N) is 1. The van der Waals surface area contributed by atoms with E-state index >= 15 is 0 Å². The lowest BCUT2D eigenvalue weighted by molar-refractivity contribution is 0.0995. The summed E-state index contributed by atoms with van der Waals surface area (Å²) in [6, 6.07) is 0.280. The zero-order chi connectivity index (χ0) is 12.8. The highest BCUT2D eigenvalue weighted by Gasteiger charge is 2.18. The van der Waals surface area contributed by atoms with Crippen LogP contribution in [0.2, 0.25) is 0 Å². The molecule has 0 amide bonds. The van der Waals surface area contributed by atoms with Gasteiger partial charge in [0.15, 0.2) is 0 Å². The number of hydrogen-bond acceptors (Lipinski definition) is 4. The molecule has 0 spiro atoms. The van der Waals surface area contributed by atoms with Crippen molar-refractivity contribution < 1.29 is 4.74 Å². The number of aromatic nitrogens is 2. The molecule has 2 unspecified atom stereocenters. The molecule has 1 aromatic heterocycles. The summed E-state index contributed by atoms with van der Waals surface area (Å²) in [5.41, 5.74) is 2.91. The number of imidazole rings is 1. The van der Waals surface area contributed by atoms with Crippen molar-refractivity contribution in [3.8, 4) is 0 Å². The van der Waals surface area contributed by atoms with Gasteiger partial charge in [0.2, 0.25) is 0 Å². The van der Waals surface area contributed by atoms with Crippen molar-refractivity contribution in [3.05, 3.63) is 18.2 Å². The van der Waals surface area contributed by atoms with Crippen LogP contribution in [0.4, 0.5) is 0 Å². The molecule has 2 atom stereocenters. The predicted octanol–water partition coefficient (Wildman–Crippen LogP) is 1.24. The first kappa shape index (κ1) is 13.5. The minimum absolute atomic E-state index is 0.280. The van der Waals surface area contributed by atoms with E-state index in [0.29, 0.717) is 6.10 Å². The Morgan fingerprint density at radius 2 is 2.56 bits per heavy atom. The molecule has 5 heteroatoms. The summed E-state index contributed by atoms with van der Waals surface area (Å²) >= 11 is 0. The van der Waals surface area contributed by atoms with E-state index in [1.807, 2.05) is 12.4 Å². The van der Waals surface area contributed by atoms with E-state index in [4.69, 9.17) is 10.6 Å². The zero-order valence-corrected chi connectivity index (χ0v) is 11.1. The lowest BCUT2D eigenvalue weighted by Crippen LogP contribution is -2.38. The van der Waals surface area contributed by atoms with Gasteiger partial charge in [0.1, 0.15) is 5.82 Å². The number of ether oxygens (including phenoxy) is 1. The Hall–Kier alpha value is -0.910. The van der Waals surface area contributed by atoms with Crippen LogP contribution >= 0.6 is 0 Å². The van der Waals surface area contributed by atoms with Crippen LogP contribution in [-0.2, 0) is 17.7 Å². The Kier molecular flexibility index (Phi) is 5.16. The second-order valence-corrected chi connectivity index (χ2v) is 4.91. The molecule has 1 aliphatic rings. The number of rotatable bonds is 7. The smallest absolute Gasteiger partial charge is 0.110 e. The molecule has 1 saturated heterocycles. The fourth-order valence-corrected chi connectivity index (χ4v) is 2.54. The molecule has 0 aliphatic carbocycles. The molecular formula is C13H24N4O. The summed E-state index contributed by atoms with van der Waals surface area (Å²) in [4.78, 5) is 4.39. The van der Waals surface area contributed by atoms with Crippen LogP contribution in [0, 0.1) is 0 Å². The fourth-order valence-electron chi connectivity index (χ4n) is 2.54. The third-order valence-electron chi connectivity index (χ3n) is 3.67. The van der Waals surface area contributed by atoms with Crippen LogP contribution in [0.5, 0.6) is 0 Å². The minimum Gasteiger partial charge on any atom is -0.378 e. The van der Waals surface area contributed by atoms with E-state index in [0.717, 1.165) is 38.2 Å². The van der Waals surface area contributed by atoms with Gasteiger partial charge in [-0.25, -0.2) is 4.98 Å². The summed E-state index contributed by atoms with van der Waals surface area (Å²) in [5.74, 6) is 6.74. The summed E-state index contributed by atoms with van der Waals surface area (Å²) in [6.45, 7) is 4.01. The van der Waals surface area contributed by atoms with Crippen molar-refractivity contribution in [2.75, 3.05) is 6.61 Å². The summed E-state index contributed by atoms with van der Waals surface area (Å²) < 4.78 is 7.80. The highest BCUT2D eigenvalue weighted by atomic mass is 16.5. The van der Waals surface area contributed by atoms with Crippen molar-refractivity contribution >= 4 is 0 Å². The molecule has 3 N–H and O–H groups in total. The van der Waals surface area contributed by atoms with Gasteiger partial charge in [0.05, 0.1) is 6.10 Å². The number of hydrogen-bond donors (Lipinski definition) is 2. The van der Waals surface area contributed by atoms with E-state index in [9.17, 15) is 0 Å². The Bertz CT molecular complexity index is 347. The summed E-state index contributed by atoms with van der Waals surface area (Å²) in [5, 5.41) is 0. The average molecular weight is 252 g/mol. The van der Waals surface area contributed by atoms with Crippen LogP contribution < -0.4 is 11.3 Å². The van der Waals surface area contributed by atoms with Gasteiger partial charge in [0, 0.05) is 38.0 Å². The Morgan fingerprint density at radius 3 is 3.22 bits per heavy atom. The number of nitrogens with two attached hydrogens (primary N) is 1. The molecule has 102 valence electrons. The van der Waals surface area contributed by atoms with E-state index in [1.165, 1.54) is 12.8 Å². The summed E-state index contributed by atoms with van der Waals surface area (Å²) in [7, 11) is 0. The monoisotopic (exact) mass is 252 g/mol. The maximum absolute atomic E-state index is 5.64. The standard InChI is InChI=1S/C13H24N4O/c1-2-17-8-7-15-13(17)10-11(16-14)5-6-12-4-3-9-18-12/h7-8,11-12,16H,2-6,9-10,14H2,1H3. The van der Waals surface area contributed by atoms with E-state index in [2.05, 4.69) is 21.9 Å². The van der Waals surface area contributed by atoms with Gasteiger partial charge < -0.3 is 9.30 Å². The molecule has 0 radical (unpaired) electrons. The summed E-state index contributed by atoms with van der Waals surface area (Å²) in [6.07, 6.45) is 9.71. The second-order valence-electron chi connectivity index (χ2n) is 4.91.